The molecule has 0 saturated carbocycles. The minimum atomic E-state index is -0.418. The minimum Gasteiger partial charge on any atom is -0.493 e. The second-order valence-electron chi connectivity index (χ2n) is 5.24. The highest BCUT2D eigenvalue weighted by atomic mass is 16.7. The molecule has 0 N–H and O–H groups in total. The van der Waals surface area contributed by atoms with Gasteiger partial charge < -0.3 is 14.2 Å². The van der Waals surface area contributed by atoms with Gasteiger partial charge in [-0.05, 0) is 36.4 Å². The molecule has 0 aliphatic heterocycles. The lowest BCUT2D eigenvalue weighted by atomic mass is 10.3. The van der Waals surface area contributed by atoms with Crippen molar-refractivity contribution in [3.8, 4) is 17.2 Å². The molecule has 3 aromatic rings. The van der Waals surface area contributed by atoms with E-state index in [9.17, 15) is 0 Å². The summed E-state index contributed by atoms with van der Waals surface area (Å²) in [6, 6.07) is 29.1. The van der Waals surface area contributed by atoms with Crippen LogP contribution in [0, 0.1) is 0 Å². The molecule has 122 valence electrons. The van der Waals surface area contributed by atoms with Crippen molar-refractivity contribution in [1.29, 1.82) is 0 Å². The molecule has 0 fully saturated rings. The number of para-hydroxylation sites is 3. The van der Waals surface area contributed by atoms with Crippen molar-refractivity contribution in [3.63, 3.8) is 0 Å². The van der Waals surface area contributed by atoms with Crippen molar-refractivity contribution in [2.45, 2.75) is 12.7 Å². The Kier molecular flexibility index (Phi) is 5.73. The zero-order valence-corrected chi connectivity index (χ0v) is 13.4. The summed E-state index contributed by atoms with van der Waals surface area (Å²) in [7, 11) is 0. The molecule has 3 aromatic carbocycles. The molecule has 0 radical (unpaired) electrons. The molecule has 24 heavy (non-hydrogen) atoms. The van der Waals surface area contributed by atoms with Crippen molar-refractivity contribution in [3.05, 3.63) is 91.0 Å². The summed E-state index contributed by atoms with van der Waals surface area (Å²) in [4.78, 5) is 0. The number of benzene rings is 3. The number of hydrogen-bond acceptors (Lipinski definition) is 3. The predicted molar refractivity (Wildman–Crippen MR) is 94.5 cm³/mol. The SMILES string of the molecule is c1ccc(OCCC(Oc2ccccc2)Oc2ccccc2)cc1. The lowest BCUT2D eigenvalue weighted by Gasteiger charge is -2.20. The molecule has 0 aliphatic rings. The highest BCUT2D eigenvalue weighted by molar-refractivity contribution is 5.23. The van der Waals surface area contributed by atoms with E-state index in [-0.39, 0.29) is 0 Å². The van der Waals surface area contributed by atoms with E-state index < -0.39 is 6.29 Å². The maximum Gasteiger partial charge on any atom is 0.244 e. The van der Waals surface area contributed by atoms with Gasteiger partial charge in [0.15, 0.2) is 0 Å². The molecule has 0 amide bonds. The molecule has 3 rings (SSSR count). The van der Waals surface area contributed by atoms with Crippen molar-refractivity contribution < 1.29 is 14.2 Å². The standard InChI is InChI=1S/C21H20O3/c1-4-10-18(11-5-1)22-17-16-21(23-19-12-6-2-7-13-19)24-20-14-8-3-9-15-20/h1-15,21H,16-17H2. The molecule has 0 bridgehead atoms. The van der Waals surface area contributed by atoms with Crippen molar-refractivity contribution in [2.24, 2.45) is 0 Å². The monoisotopic (exact) mass is 320 g/mol. The Morgan fingerprint density at radius 3 is 1.42 bits per heavy atom. The minimum absolute atomic E-state index is 0.418. The highest BCUT2D eigenvalue weighted by Crippen LogP contribution is 2.18. The second-order valence-corrected chi connectivity index (χ2v) is 5.24. The van der Waals surface area contributed by atoms with E-state index in [1.165, 1.54) is 0 Å². The Hall–Kier alpha value is -2.94. The Bertz CT molecular complexity index is 657. The fourth-order valence-electron chi connectivity index (χ4n) is 2.23. The molecule has 3 nitrogen and oxygen atoms in total. The van der Waals surface area contributed by atoms with Crippen LogP contribution in [0.5, 0.6) is 17.2 Å². The molecule has 0 atom stereocenters. The fraction of sp³-hybridized carbons (Fsp3) is 0.143. The van der Waals surface area contributed by atoms with Crippen LogP contribution in [0.4, 0.5) is 0 Å². The van der Waals surface area contributed by atoms with Gasteiger partial charge in [0.1, 0.15) is 17.2 Å². The average Bonchev–Trinajstić information content (AvgIpc) is 2.64. The lowest BCUT2D eigenvalue weighted by molar-refractivity contribution is -0.00934. The molecular formula is C21H20O3. The summed E-state index contributed by atoms with van der Waals surface area (Å²) in [6.07, 6.45) is 0.192. The van der Waals surface area contributed by atoms with Crippen LogP contribution in [0.2, 0.25) is 0 Å². The van der Waals surface area contributed by atoms with Gasteiger partial charge >= 0.3 is 0 Å². The van der Waals surface area contributed by atoms with E-state index >= 15 is 0 Å². The number of ether oxygens (including phenoxy) is 3. The fourth-order valence-corrected chi connectivity index (χ4v) is 2.23. The number of hydrogen-bond donors (Lipinski definition) is 0. The van der Waals surface area contributed by atoms with Crippen molar-refractivity contribution in [2.75, 3.05) is 6.61 Å². The topological polar surface area (TPSA) is 27.7 Å². The van der Waals surface area contributed by atoms with Gasteiger partial charge in [0, 0.05) is 0 Å². The first-order chi connectivity index (χ1) is 11.9. The van der Waals surface area contributed by atoms with E-state index in [4.69, 9.17) is 14.2 Å². The van der Waals surface area contributed by atoms with Crippen LogP contribution < -0.4 is 14.2 Å². The van der Waals surface area contributed by atoms with E-state index in [0.717, 1.165) is 17.2 Å². The lowest BCUT2D eigenvalue weighted by Crippen LogP contribution is -2.26. The van der Waals surface area contributed by atoms with Gasteiger partial charge in [0.25, 0.3) is 0 Å². The van der Waals surface area contributed by atoms with Crippen molar-refractivity contribution in [1.82, 2.24) is 0 Å². The molecule has 0 spiro atoms. The summed E-state index contributed by atoms with van der Waals surface area (Å²) in [6.45, 7) is 0.508. The summed E-state index contributed by atoms with van der Waals surface area (Å²) < 4.78 is 17.7. The van der Waals surface area contributed by atoms with E-state index in [1.54, 1.807) is 0 Å². The van der Waals surface area contributed by atoms with E-state index in [1.807, 2.05) is 91.0 Å². The third-order valence-corrected chi connectivity index (χ3v) is 3.39. The van der Waals surface area contributed by atoms with Crippen molar-refractivity contribution >= 4 is 0 Å². The second kappa shape index (κ2) is 8.63. The Balaban J connectivity index is 1.60. The quantitative estimate of drug-likeness (QED) is 0.550. The molecule has 0 unspecified atom stereocenters. The molecule has 0 aromatic heterocycles. The van der Waals surface area contributed by atoms with Crippen LogP contribution in [0.15, 0.2) is 91.0 Å². The van der Waals surface area contributed by atoms with Crippen LogP contribution in [0.3, 0.4) is 0 Å². The van der Waals surface area contributed by atoms with E-state index in [0.29, 0.717) is 13.0 Å². The Morgan fingerprint density at radius 2 is 0.958 bits per heavy atom. The first-order valence-corrected chi connectivity index (χ1v) is 8.01. The molecule has 0 saturated heterocycles. The van der Waals surface area contributed by atoms with Gasteiger partial charge in [0.2, 0.25) is 6.29 Å². The summed E-state index contributed by atoms with van der Waals surface area (Å²) in [5.41, 5.74) is 0. The highest BCUT2D eigenvalue weighted by Gasteiger charge is 2.13. The van der Waals surface area contributed by atoms with Gasteiger partial charge in [0.05, 0.1) is 13.0 Å². The predicted octanol–water partition coefficient (Wildman–Crippen LogP) is 4.94. The Morgan fingerprint density at radius 1 is 0.542 bits per heavy atom. The van der Waals surface area contributed by atoms with Gasteiger partial charge in [-0.3, -0.25) is 0 Å². The van der Waals surface area contributed by atoms with Gasteiger partial charge in [-0.1, -0.05) is 54.6 Å². The molecule has 0 heterocycles. The summed E-state index contributed by atoms with van der Waals surface area (Å²) in [5, 5.41) is 0. The summed E-state index contributed by atoms with van der Waals surface area (Å²) >= 11 is 0. The average molecular weight is 320 g/mol. The first kappa shape index (κ1) is 15.9. The van der Waals surface area contributed by atoms with Gasteiger partial charge in [-0.15, -0.1) is 0 Å². The molecular weight excluding hydrogens is 300 g/mol. The van der Waals surface area contributed by atoms with Gasteiger partial charge in [-0.2, -0.15) is 0 Å². The maximum absolute atomic E-state index is 5.95. The third-order valence-electron chi connectivity index (χ3n) is 3.39. The largest absolute Gasteiger partial charge is 0.493 e. The van der Waals surface area contributed by atoms with E-state index in [2.05, 4.69) is 0 Å². The summed E-state index contributed by atoms with van der Waals surface area (Å²) in [5.74, 6) is 2.40. The van der Waals surface area contributed by atoms with Crippen LogP contribution >= 0.6 is 0 Å². The third kappa shape index (κ3) is 5.06. The zero-order chi connectivity index (χ0) is 16.5. The first-order valence-electron chi connectivity index (χ1n) is 8.01. The number of rotatable bonds is 8. The Labute approximate surface area is 142 Å². The normalized spacial score (nSPS) is 10.4. The smallest absolute Gasteiger partial charge is 0.244 e. The van der Waals surface area contributed by atoms with Crippen LogP contribution in [-0.2, 0) is 0 Å². The molecule has 3 heteroatoms. The van der Waals surface area contributed by atoms with Crippen LogP contribution in [0.25, 0.3) is 0 Å². The van der Waals surface area contributed by atoms with Crippen LogP contribution in [0.1, 0.15) is 6.42 Å². The zero-order valence-electron chi connectivity index (χ0n) is 13.4. The maximum atomic E-state index is 5.95. The van der Waals surface area contributed by atoms with Crippen LogP contribution in [-0.4, -0.2) is 12.9 Å². The molecule has 0 aliphatic carbocycles. The van der Waals surface area contributed by atoms with Gasteiger partial charge in [-0.25, -0.2) is 0 Å².